The zero-order chi connectivity index (χ0) is 23.4. The number of piperazine rings is 1. The smallest absolute Gasteiger partial charge is 0.246 e. The van der Waals surface area contributed by atoms with Crippen LogP contribution in [0, 0.1) is 5.92 Å². The number of para-hydroxylation sites is 1. The Hall–Kier alpha value is -2.29. The number of hydrogen-bond acceptors (Lipinski definition) is 5. The Balaban J connectivity index is 1.35. The van der Waals surface area contributed by atoms with Crippen molar-refractivity contribution in [3.63, 3.8) is 0 Å². The van der Waals surface area contributed by atoms with Crippen LogP contribution in [0.2, 0.25) is 5.02 Å². The number of carbonyl (C=O) groups excluding carboxylic acids is 1. The number of piperidine rings is 1. The van der Waals surface area contributed by atoms with Gasteiger partial charge < -0.3 is 14.5 Å². The first-order valence-electron chi connectivity index (χ1n) is 11.4. The topological polar surface area (TPSA) is 70.2 Å². The number of sulfonamides is 1. The minimum atomic E-state index is -3.76. The van der Waals surface area contributed by atoms with Crippen molar-refractivity contribution in [2.75, 3.05) is 50.8 Å². The van der Waals surface area contributed by atoms with Gasteiger partial charge in [-0.2, -0.15) is 4.31 Å². The van der Waals surface area contributed by atoms with Gasteiger partial charge in [-0.15, -0.1) is 0 Å². The molecule has 0 aromatic heterocycles. The summed E-state index contributed by atoms with van der Waals surface area (Å²) in [5.41, 5.74) is 1.18. The predicted molar refractivity (Wildman–Crippen MR) is 129 cm³/mol. The summed E-state index contributed by atoms with van der Waals surface area (Å²) in [5.74, 6) is 0.291. The number of anilines is 1. The maximum atomic E-state index is 13.3. The number of carbonyl (C=O) groups is 1. The molecule has 1 amide bonds. The number of halogens is 1. The van der Waals surface area contributed by atoms with Crippen molar-refractivity contribution in [3.8, 4) is 5.75 Å². The molecule has 4 rings (SSSR count). The first kappa shape index (κ1) is 23.9. The molecule has 2 aliphatic rings. The van der Waals surface area contributed by atoms with E-state index in [1.165, 1.54) is 16.1 Å². The molecule has 7 nitrogen and oxygen atoms in total. The van der Waals surface area contributed by atoms with Gasteiger partial charge in [-0.05, 0) is 50.1 Å². The van der Waals surface area contributed by atoms with E-state index in [0.29, 0.717) is 56.4 Å². The molecule has 0 radical (unpaired) electrons. The molecule has 0 aliphatic carbocycles. The van der Waals surface area contributed by atoms with Crippen molar-refractivity contribution in [1.29, 1.82) is 0 Å². The van der Waals surface area contributed by atoms with Crippen LogP contribution < -0.4 is 9.64 Å². The lowest BCUT2D eigenvalue weighted by molar-refractivity contribution is -0.137. The Kier molecular flexibility index (Phi) is 7.46. The molecule has 9 heteroatoms. The van der Waals surface area contributed by atoms with Gasteiger partial charge >= 0.3 is 0 Å². The Morgan fingerprint density at radius 2 is 1.67 bits per heavy atom. The van der Waals surface area contributed by atoms with Crippen LogP contribution in [0.5, 0.6) is 5.75 Å². The maximum absolute atomic E-state index is 13.3. The fraction of sp³-hybridized carbons (Fsp3) is 0.458. The summed E-state index contributed by atoms with van der Waals surface area (Å²) in [7, 11) is -3.76. The number of nitrogens with zero attached hydrogens (tertiary/aromatic N) is 3. The van der Waals surface area contributed by atoms with Crippen LogP contribution in [0.4, 0.5) is 5.69 Å². The molecular weight excluding hydrogens is 462 g/mol. The standard InChI is InChI=1S/C24H30ClN3O4S/c1-2-32-22-9-8-20(25)18-23(22)33(30,31)28-12-10-19(11-13-28)24(29)27-16-14-26(15-17-27)21-6-4-3-5-7-21/h3-9,18-19H,2,10-17H2,1H3. The monoisotopic (exact) mass is 491 g/mol. The van der Waals surface area contributed by atoms with Crippen LogP contribution in [0.25, 0.3) is 0 Å². The fourth-order valence-electron chi connectivity index (χ4n) is 4.52. The van der Waals surface area contributed by atoms with E-state index in [1.807, 2.05) is 30.0 Å². The Bertz CT molecular complexity index is 1060. The second kappa shape index (κ2) is 10.3. The summed E-state index contributed by atoms with van der Waals surface area (Å²) in [6.45, 7) is 5.76. The van der Waals surface area contributed by atoms with E-state index in [9.17, 15) is 13.2 Å². The van der Waals surface area contributed by atoms with Gasteiger partial charge in [0.1, 0.15) is 10.6 Å². The van der Waals surface area contributed by atoms with Crippen LogP contribution in [0.1, 0.15) is 19.8 Å². The summed E-state index contributed by atoms with van der Waals surface area (Å²) in [5, 5.41) is 0.344. The lowest BCUT2D eigenvalue weighted by Crippen LogP contribution is -2.52. The summed E-state index contributed by atoms with van der Waals surface area (Å²) in [6.07, 6.45) is 1.03. The van der Waals surface area contributed by atoms with Gasteiger partial charge in [-0.1, -0.05) is 29.8 Å². The van der Waals surface area contributed by atoms with E-state index in [1.54, 1.807) is 12.1 Å². The lowest BCUT2D eigenvalue weighted by atomic mass is 9.96. The van der Waals surface area contributed by atoms with Crippen molar-refractivity contribution < 1.29 is 17.9 Å². The van der Waals surface area contributed by atoms with Crippen LogP contribution in [-0.2, 0) is 14.8 Å². The molecule has 2 fully saturated rings. The van der Waals surface area contributed by atoms with E-state index in [2.05, 4.69) is 17.0 Å². The van der Waals surface area contributed by atoms with Crippen molar-refractivity contribution in [1.82, 2.24) is 9.21 Å². The number of benzene rings is 2. The molecule has 2 saturated heterocycles. The van der Waals surface area contributed by atoms with Crippen molar-refractivity contribution in [2.45, 2.75) is 24.7 Å². The Morgan fingerprint density at radius 3 is 2.30 bits per heavy atom. The van der Waals surface area contributed by atoms with Crippen molar-refractivity contribution in [3.05, 3.63) is 53.6 Å². The normalized spacial score (nSPS) is 18.4. The first-order chi connectivity index (χ1) is 15.9. The molecule has 2 heterocycles. The quantitative estimate of drug-likeness (QED) is 0.618. The second-order valence-electron chi connectivity index (χ2n) is 8.35. The average Bonchev–Trinajstić information content (AvgIpc) is 2.85. The van der Waals surface area contributed by atoms with Gasteiger partial charge in [0, 0.05) is 55.9 Å². The van der Waals surface area contributed by atoms with Crippen LogP contribution in [0.3, 0.4) is 0 Å². The van der Waals surface area contributed by atoms with E-state index in [-0.39, 0.29) is 16.7 Å². The lowest BCUT2D eigenvalue weighted by Gasteiger charge is -2.39. The summed E-state index contributed by atoms with van der Waals surface area (Å²) in [4.78, 5) is 17.4. The van der Waals surface area contributed by atoms with Crippen LogP contribution in [-0.4, -0.2) is 69.4 Å². The van der Waals surface area contributed by atoms with Crippen molar-refractivity contribution >= 4 is 33.2 Å². The highest BCUT2D eigenvalue weighted by molar-refractivity contribution is 7.89. The first-order valence-corrected chi connectivity index (χ1v) is 13.2. The molecule has 178 valence electrons. The van der Waals surface area contributed by atoms with Crippen LogP contribution in [0.15, 0.2) is 53.4 Å². The fourth-order valence-corrected chi connectivity index (χ4v) is 6.39. The second-order valence-corrected chi connectivity index (χ2v) is 10.7. The Morgan fingerprint density at radius 1 is 1.00 bits per heavy atom. The van der Waals surface area contributed by atoms with E-state index < -0.39 is 10.0 Å². The molecule has 0 unspecified atom stereocenters. The molecule has 2 aromatic carbocycles. The zero-order valence-corrected chi connectivity index (χ0v) is 20.4. The highest BCUT2D eigenvalue weighted by atomic mass is 35.5. The third kappa shape index (κ3) is 5.28. The largest absolute Gasteiger partial charge is 0.492 e. The third-order valence-corrected chi connectivity index (χ3v) is 8.49. The summed E-state index contributed by atoms with van der Waals surface area (Å²) < 4.78 is 33.5. The van der Waals surface area contributed by atoms with E-state index in [0.717, 1.165) is 13.1 Å². The minimum absolute atomic E-state index is 0.0821. The van der Waals surface area contributed by atoms with Gasteiger partial charge in [-0.3, -0.25) is 4.79 Å². The molecule has 0 bridgehead atoms. The molecule has 0 atom stereocenters. The molecule has 0 spiro atoms. The molecule has 2 aromatic rings. The van der Waals surface area contributed by atoms with Gasteiger partial charge in [0.25, 0.3) is 0 Å². The number of rotatable bonds is 6. The van der Waals surface area contributed by atoms with E-state index in [4.69, 9.17) is 16.3 Å². The minimum Gasteiger partial charge on any atom is -0.492 e. The highest BCUT2D eigenvalue weighted by Crippen LogP contribution is 2.32. The highest BCUT2D eigenvalue weighted by Gasteiger charge is 2.36. The summed E-state index contributed by atoms with van der Waals surface area (Å²) >= 11 is 6.07. The maximum Gasteiger partial charge on any atom is 0.246 e. The molecule has 0 N–H and O–H groups in total. The number of hydrogen-bond donors (Lipinski definition) is 0. The van der Waals surface area contributed by atoms with Gasteiger partial charge in [-0.25, -0.2) is 8.42 Å². The molecular formula is C24H30ClN3O4S. The van der Waals surface area contributed by atoms with Crippen LogP contribution >= 0.6 is 11.6 Å². The Labute approximate surface area is 200 Å². The average molecular weight is 492 g/mol. The predicted octanol–water partition coefficient (Wildman–Crippen LogP) is 3.49. The van der Waals surface area contributed by atoms with Gasteiger partial charge in [0.05, 0.1) is 6.61 Å². The number of ether oxygens (including phenoxy) is 1. The summed E-state index contributed by atoms with van der Waals surface area (Å²) in [6, 6.07) is 14.9. The SMILES string of the molecule is CCOc1ccc(Cl)cc1S(=O)(=O)N1CCC(C(=O)N2CCN(c3ccccc3)CC2)CC1. The zero-order valence-electron chi connectivity index (χ0n) is 18.8. The number of amides is 1. The van der Waals surface area contributed by atoms with Crippen molar-refractivity contribution in [2.24, 2.45) is 5.92 Å². The third-order valence-electron chi connectivity index (χ3n) is 6.34. The molecule has 0 saturated carbocycles. The molecule has 2 aliphatic heterocycles. The van der Waals surface area contributed by atoms with Gasteiger partial charge in [0.15, 0.2) is 0 Å². The molecule has 33 heavy (non-hydrogen) atoms. The van der Waals surface area contributed by atoms with Gasteiger partial charge in [0.2, 0.25) is 15.9 Å². The van der Waals surface area contributed by atoms with E-state index >= 15 is 0 Å².